The molecule has 0 unspecified atom stereocenters. The van der Waals surface area contributed by atoms with E-state index < -0.39 is 31.8 Å². The fourth-order valence-corrected chi connectivity index (χ4v) is 4.38. The molecule has 0 aliphatic carbocycles. The van der Waals surface area contributed by atoms with Gasteiger partial charge in [-0.25, -0.2) is 26.4 Å². The number of sulfonamides is 2. The Kier molecular flexibility index (Phi) is 6.92. The van der Waals surface area contributed by atoms with Crippen LogP contribution in [-0.4, -0.2) is 29.3 Å². The Labute approximate surface area is 185 Å². The van der Waals surface area contributed by atoms with Gasteiger partial charge in [-0.05, 0) is 60.5 Å². The predicted octanol–water partition coefficient (Wildman–Crippen LogP) is 2.25. The van der Waals surface area contributed by atoms with Crippen molar-refractivity contribution in [2.75, 3.05) is 11.3 Å². The van der Waals surface area contributed by atoms with Gasteiger partial charge in [-0.1, -0.05) is 24.3 Å². The van der Waals surface area contributed by atoms with Gasteiger partial charge in [-0.2, -0.15) is 0 Å². The lowest BCUT2D eigenvalue weighted by atomic mass is 10.1. The van der Waals surface area contributed by atoms with Crippen LogP contribution in [0.1, 0.15) is 15.9 Å². The Balaban J connectivity index is 1.58. The molecule has 0 saturated carbocycles. The van der Waals surface area contributed by atoms with Gasteiger partial charge in [0.2, 0.25) is 10.0 Å². The summed E-state index contributed by atoms with van der Waals surface area (Å²) in [7, 11) is -7.78. The Bertz CT molecular complexity index is 1320. The van der Waals surface area contributed by atoms with Gasteiger partial charge in [-0.3, -0.25) is 9.52 Å². The summed E-state index contributed by atoms with van der Waals surface area (Å²) in [4.78, 5) is 12.2. The highest BCUT2D eigenvalue weighted by atomic mass is 32.2. The number of hydrogen-bond acceptors (Lipinski definition) is 5. The van der Waals surface area contributed by atoms with Gasteiger partial charge in [0.05, 0.1) is 15.5 Å². The average Bonchev–Trinajstić information content (AvgIpc) is 2.75. The van der Waals surface area contributed by atoms with E-state index in [2.05, 4.69) is 10.0 Å². The van der Waals surface area contributed by atoms with E-state index in [1.54, 1.807) is 12.1 Å². The fourth-order valence-electron chi connectivity index (χ4n) is 2.80. The molecule has 0 spiro atoms. The molecule has 0 aliphatic heterocycles. The molecule has 32 heavy (non-hydrogen) atoms. The zero-order valence-electron chi connectivity index (χ0n) is 16.7. The van der Waals surface area contributed by atoms with E-state index >= 15 is 0 Å². The maximum absolute atomic E-state index is 13.7. The van der Waals surface area contributed by atoms with E-state index in [4.69, 9.17) is 5.14 Å². The molecule has 0 saturated heterocycles. The van der Waals surface area contributed by atoms with Crippen LogP contribution in [0.25, 0.3) is 0 Å². The molecule has 4 N–H and O–H groups in total. The van der Waals surface area contributed by atoms with Crippen molar-refractivity contribution in [3.8, 4) is 0 Å². The van der Waals surface area contributed by atoms with Crippen LogP contribution < -0.4 is 15.2 Å². The second kappa shape index (κ2) is 9.47. The molecule has 0 atom stereocenters. The lowest BCUT2D eigenvalue weighted by molar-refractivity contribution is 0.0954. The Morgan fingerprint density at radius 3 is 2.03 bits per heavy atom. The minimum atomic E-state index is -4.02. The van der Waals surface area contributed by atoms with Gasteiger partial charge in [0, 0.05) is 12.1 Å². The molecule has 0 aliphatic rings. The molecule has 0 aromatic heterocycles. The summed E-state index contributed by atoms with van der Waals surface area (Å²) in [5, 5.41) is 7.75. The van der Waals surface area contributed by atoms with E-state index in [1.165, 1.54) is 54.6 Å². The van der Waals surface area contributed by atoms with Crippen LogP contribution in [0.5, 0.6) is 0 Å². The lowest BCUT2D eigenvalue weighted by Gasteiger charge is -2.10. The van der Waals surface area contributed by atoms with E-state index in [-0.39, 0.29) is 27.6 Å². The summed E-state index contributed by atoms with van der Waals surface area (Å²) < 4.78 is 63.2. The van der Waals surface area contributed by atoms with E-state index in [0.717, 1.165) is 11.6 Å². The third-order valence-corrected chi connectivity index (χ3v) is 6.81. The molecule has 0 radical (unpaired) electrons. The number of carbonyl (C=O) groups excluding carboxylic acids is 1. The highest BCUT2D eigenvalue weighted by Gasteiger charge is 2.17. The van der Waals surface area contributed by atoms with Crippen molar-refractivity contribution in [1.82, 2.24) is 5.32 Å². The largest absolute Gasteiger partial charge is 0.352 e. The van der Waals surface area contributed by atoms with E-state index in [1.807, 2.05) is 0 Å². The van der Waals surface area contributed by atoms with Gasteiger partial charge in [0.1, 0.15) is 5.82 Å². The van der Waals surface area contributed by atoms with Gasteiger partial charge in [-0.15, -0.1) is 0 Å². The van der Waals surface area contributed by atoms with Crippen molar-refractivity contribution in [1.29, 1.82) is 0 Å². The van der Waals surface area contributed by atoms with Crippen LogP contribution in [0.3, 0.4) is 0 Å². The van der Waals surface area contributed by atoms with Gasteiger partial charge >= 0.3 is 0 Å². The standard InChI is InChI=1S/C21H20FN3O5S2/c22-19-3-1-2-4-20(19)25-32(29,30)18-11-7-16(8-12-18)21(26)24-14-13-15-5-9-17(10-6-15)31(23,27)28/h1-12,25H,13-14H2,(H,24,26)(H2,23,27,28). The molecule has 168 valence electrons. The van der Waals surface area contributed by atoms with Crippen molar-refractivity contribution in [2.24, 2.45) is 5.14 Å². The third kappa shape index (κ3) is 5.90. The van der Waals surface area contributed by atoms with Crippen LogP contribution in [0.4, 0.5) is 10.1 Å². The maximum Gasteiger partial charge on any atom is 0.261 e. The molecule has 3 rings (SSSR count). The van der Waals surface area contributed by atoms with E-state index in [0.29, 0.717) is 6.42 Å². The summed E-state index contributed by atoms with van der Waals surface area (Å²) in [6, 6.07) is 16.6. The monoisotopic (exact) mass is 477 g/mol. The first-order valence-corrected chi connectivity index (χ1v) is 12.4. The molecule has 0 fully saturated rings. The zero-order chi connectivity index (χ0) is 23.4. The second-order valence-corrected chi connectivity index (χ2v) is 10.0. The number of rotatable bonds is 8. The number of nitrogens with one attached hydrogen (secondary N) is 2. The summed E-state index contributed by atoms with van der Waals surface area (Å²) in [6.45, 7) is 0.280. The number of nitrogens with two attached hydrogens (primary N) is 1. The highest BCUT2D eigenvalue weighted by molar-refractivity contribution is 7.92. The number of benzene rings is 3. The first-order chi connectivity index (χ1) is 15.1. The summed E-state index contributed by atoms with van der Waals surface area (Å²) >= 11 is 0. The summed E-state index contributed by atoms with van der Waals surface area (Å²) in [6.07, 6.45) is 0.454. The molecule has 8 nitrogen and oxygen atoms in total. The number of amides is 1. The predicted molar refractivity (Wildman–Crippen MR) is 118 cm³/mol. The quantitative estimate of drug-likeness (QED) is 0.457. The third-order valence-electron chi connectivity index (χ3n) is 4.50. The minimum absolute atomic E-state index is 0.00446. The number of primary sulfonamides is 1. The van der Waals surface area contributed by atoms with Gasteiger partial charge in [0.15, 0.2) is 0 Å². The Hall–Kier alpha value is -3.28. The average molecular weight is 478 g/mol. The van der Waals surface area contributed by atoms with Gasteiger partial charge < -0.3 is 5.32 Å². The molecular formula is C21H20FN3O5S2. The second-order valence-electron chi connectivity index (χ2n) is 6.80. The first kappa shape index (κ1) is 23.4. The Morgan fingerprint density at radius 1 is 0.844 bits per heavy atom. The van der Waals surface area contributed by atoms with Crippen LogP contribution in [0.15, 0.2) is 82.6 Å². The van der Waals surface area contributed by atoms with Crippen molar-refractivity contribution in [3.05, 3.63) is 89.7 Å². The Morgan fingerprint density at radius 2 is 1.44 bits per heavy atom. The summed E-state index contributed by atoms with van der Waals surface area (Å²) in [5.74, 6) is -1.11. The summed E-state index contributed by atoms with van der Waals surface area (Å²) in [5.41, 5.74) is 0.879. The van der Waals surface area contributed by atoms with E-state index in [9.17, 15) is 26.0 Å². The fraction of sp³-hybridized carbons (Fsp3) is 0.0952. The molecule has 11 heteroatoms. The smallest absolute Gasteiger partial charge is 0.261 e. The van der Waals surface area contributed by atoms with Crippen LogP contribution in [-0.2, 0) is 26.5 Å². The molecule has 0 bridgehead atoms. The highest BCUT2D eigenvalue weighted by Crippen LogP contribution is 2.19. The molecule has 3 aromatic carbocycles. The van der Waals surface area contributed by atoms with Crippen LogP contribution in [0.2, 0.25) is 0 Å². The minimum Gasteiger partial charge on any atom is -0.352 e. The van der Waals surface area contributed by atoms with Crippen LogP contribution in [0, 0.1) is 5.82 Å². The number of hydrogen-bond donors (Lipinski definition) is 3. The number of carbonyl (C=O) groups is 1. The molecule has 0 heterocycles. The normalized spacial score (nSPS) is 11.7. The molecular weight excluding hydrogens is 457 g/mol. The number of para-hydroxylation sites is 1. The number of anilines is 1. The van der Waals surface area contributed by atoms with Crippen molar-refractivity contribution in [3.63, 3.8) is 0 Å². The lowest BCUT2D eigenvalue weighted by Crippen LogP contribution is -2.25. The van der Waals surface area contributed by atoms with Crippen LogP contribution >= 0.6 is 0 Å². The molecule has 3 aromatic rings. The van der Waals surface area contributed by atoms with Crippen molar-refractivity contribution in [2.45, 2.75) is 16.2 Å². The number of halogens is 1. The van der Waals surface area contributed by atoms with Crippen molar-refractivity contribution >= 4 is 31.6 Å². The zero-order valence-corrected chi connectivity index (χ0v) is 18.3. The van der Waals surface area contributed by atoms with Crippen molar-refractivity contribution < 1.29 is 26.0 Å². The molecule has 1 amide bonds. The first-order valence-electron chi connectivity index (χ1n) is 9.34. The maximum atomic E-state index is 13.7. The topological polar surface area (TPSA) is 135 Å². The SMILES string of the molecule is NS(=O)(=O)c1ccc(CCNC(=O)c2ccc(S(=O)(=O)Nc3ccccc3F)cc2)cc1. The van der Waals surface area contributed by atoms with Gasteiger partial charge in [0.25, 0.3) is 15.9 Å².